The van der Waals surface area contributed by atoms with Gasteiger partial charge in [0.15, 0.2) is 0 Å². The normalized spacial score (nSPS) is 25.4. The summed E-state index contributed by atoms with van der Waals surface area (Å²) in [5.74, 6) is -8.04. The van der Waals surface area contributed by atoms with Crippen LogP contribution < -0.4 is 0 Å². The van der Waals surface area contributed by atoms with Crippen molar-refractivity contribution >= 4 is 10.0 Å². The number of alkyl halides is 4. The minimum atomic E-state index is -4.02. The fourth-order valence-corrected chi connectivity index (χ4v) is 6.26. The largest absolute Gasteiger partial charge is 0.373 e. The number of aliphatic hydroxyl groups is 1. The van der Waals surface area contributed by atoms with E-state index >= 15 is 0 Å². The minimum absolute atomic E-state index is 0.171. The minimum Gasteiger partial charge on any atom is -0.373 e. The van der Waals surface area contributed by atoms with Crippen molar-refractivity contribution in [2.75, 3.05) is 32.4 Å². The predicted octanol–water partition coefficient (Wildman–Crippen LogP) is 3.10. The topological polar surface area (TPSA) is 73.7 Å². The molecule has 1 atom stereocenters. The molecule has 0 saturated carbocycles. The number of pyridine rings is 1. The number of sulfonamides is 1. The highest BCUT2D eigenvalue weighted by Gasteiger charge is 2.86. The van der Waals surface area contributed by atoms with Crippen molar-refractivity contribution in [3.63, 3.8) is 0 Å². The molecule has 11 heteroatoms. The van der Waals surface area contributed by atoms with Crippen LogP contribution in [0, 0.1) is 6.92 Å². The van der Waals surface area contributed by atoms with Gasteiger partial charge in [-0.2, -0.15) is 21.9 Å². The summed E-state index contributed by atoms with van der Waals surface area (Å²) in [4.78, 5) is 6.75. The molecule has 2 aromatic rings. The van der Waals surface area contributed by atoms with Gasteiger partial charge in [0.05, 0.1) is 11.9 Å². The first kappa shape index (κ1) is 23.7. The molecule has 3 aliphatic rings. The van der Waals surface area contributed by atoms with Gasteiger partial charge in [0.25, 0.3) is 0 Å². The monoisotopic (exact) mass is 499 g/mol. The SMILES string of the molecule is CCc1nc(CN2CCN(S(C)(=O)=O)CC2)ccc1-c1cc2c3c(c1C)C(F)(F)C3(O)C2(F)F. The molecule has 0 radical (unpaired) electrons. The van der Waals surface area contributed by atoms with Gasteiger partial charge in [-0.3, -0.25) is 9.88 Å². The molecule has 0 bridgehead atoms. The highest BCUT2D eigenvalue weighted by molar-refractivity contribution is 7.88. The van der Waals surface area contributed by atoms with Crippen LogP contribution in [0.2, 0.25) is 0 Å². The summed E-state index contributed by atoms with van der Waals surface area (Å²) in [7, 11) is -3.23. The van der Waals surface area contributed by atoms with E-state index in [9.17, 15) is 31.1 Å². The third-order valence-electron chi connectivity index (χ3n) is 7.35. The highest BCUT2D eigenvalue weighted by atomic mass is 32.2. The zero-order valence-electron chi connectivity index (χ0n) is 19.0. The number of hydrogen-bond acceptors (Lipinski definition) is 5. The van der Waals surface area contributed by atoms with E-state index in [-0.39, 0.29) is 16.7 Å². The molecule has 2 heterocycles. The van der Waals surface area contributed by atoms with E-state index in [2.05, 4.69) is 9.88 Å². The molecule has 1 aromatic carbocycles. The van der Waals surface area contributed by atoms with Crippen LogP contribution in [0.15, 0.2) is 18.2 Å². The van der Waals surface area contributed by atoms with E-state index in [0.29, 0.717) is 50.4 Å². The van der Waals surface area contributed by atoms with Crippen molar-refractivity contribution in [1.82, 2.24) is 14.2 Å². The Morgan fingerprint density at radius 1 is 1.03 bits per heavy atom. The summed E-state index contributed by atoms with van der Waals surface area (Å²) in [6.07, 6.45) is 1.65. The lowest BCUT2D eigenvalue weighted by molar-refractivity contribution is -0.353. The summed E-state index contributed by atoms with van der Waals surface area (Å²) in [6, 6.07) is 4.67. The van der Waals surface area contributed by atoms with Crippen LogP contribution in [0.4, 0.5) is 17.6 Å². The Morgan fingerprint density at radius 3 is 2.26 bits per heavy atom. The maximum absolute atomic E-state index is 14.6. The summed E-state index contributed by atoms with van der Waals surface area (Å²) < 4.78 is 83.0. The van der Waals surface area contributed by atoms with Crippen molar-refractivity contribution in [3.8, 4) is 11.1 Å². The molecule has 5 rings (SSSR count). The number of rotatable bonds is 5. The Labute approximate surface area is 195 Å². The van der Waals surface area contributed by atoms with Crippen molar-refractivity contribution < 1.29 is 31.1 Å². The molecular formula is C23H25F4N3O3S. The summed E-state index contributed by atoms with van der Waals surface area (Å²) in [5, 5.41) is 9.98. The van der Waals surface area contributed by atoms with E-state index in [1.165, 1.54) is 23.6 Å². The van der Waals surface area contributed by atoms with E-state index < -0.39 is 38.6 Å². The number of benzene rings is 1. The van der Waals surface area contributed by atoms with Crippen LogP contribution in [0.3, 0.4) is 0 Å². The summed E-state index contributed by atoms with van der Waals surface area (Å²) in [6.45, 7) is 5.70. The van der Waals surface area contributed by atoms with Crippen LogP contribution in [-0.2, 0) is 40.4 Å². The number of nitrogens with zero attached hydrogens (tertiary/aromatic N) is 3. The molecule has 1 N–H and O–H groups in total. The molecule has 1 aromatic heterocycles. The van der Waals surface area contributed by atoms with Crippen molar-refractivity contribution in [3.05, 3.63) is 51.8 Å². The Hall–Kier alpha value is -2.08. The Morgan fingerprint density at radius 2 is 1.68 bits per heavy atom. The molecule has 184 valence electrons. The van der Waals surface area contributed by atoms with Gasteiger partial charge in [-0.1, -0.05) is 13.0 Å². The van der Waals surface area contributed by atoms with Gasteiger partial charge < -0.3 is 5.11 Å². The van der Waals surface area contributed by atoms with E-state index in [4.69, 9.17) is 0 Å². The molecular weight excluding hydrogens is 474 g/mol. The van der Waals surface area contributed by atoms with Gasteiger partial charge in [-0.15, -0.1) is 0 Å². The first-order valence-corrected chi connectivity index (χ1v) is 12.9. The number of aryl methyl sites for hydroxylation is 1. The van der Waals surface area contributed by atoms with E-state index in [1.807, 2.05) is 6.92 Å². The fourth-order valence-electron chi connectivity index (χ4n) is 5.44. The fraction of sp³-hybridized carbons (Fsp3) is 0.522. The Balaban J connectivity index is 1.45. The second-order valence-corrected chi connectivity index (χ2v) is 11.3. The highest BCUT2D eigenvalue weighted by Crippen LogP contribution is 2.75. The third-order valence-corrected chi connectivity index (χ3v) is 8.66. The Kier molecular flexibility index (Phi) is 5.02. The zero-order chi connectivity index (χ0) is 24.8. The molecule has 34 heavy (non-hydrogen) atoms. The van der Waals surface area contributed by atoms with Gasteiger partial charge in [0, 0.05) is 60.7 Å². The Bertz CT molecular complexity index is 1310. The van der Waals surface area contributed by atoms with Crippen LogP contribution in [0.1, 0.15) is 40.6 Å². The average Bonchev–Trinajstić information content (AvgIpc) is 2.77. The van der Waals surface area contributed by atoms with Gasteiger partial charge in [-0.25, -0.2) is 8.42 Å². The number of piperazine rings is 1. The molecule has 1 fully saturated rings. The maximum Gasteiger partial charge on any atom is 0.312 e. The molecule has 1 aliphatic heterocycles. The molecule has 2 aliphatic carbocycles. The second-order valence-electron chi connectivity index (χ2n) is 9.29. The third kappa shape index (κ3) is 2.90. The molecule has 0 amide bonds. The maximum atomic E-state index is 14.6. The zero-order valence-corrected chi connectivity index (χ0v) is 19.8. The quantitative estimate of drug-likeness (QED) is 0.641. The summed E-state index contributed by atoms with van der Waals surface area (Å²) in [5.41, 5.74) is -2.54. The van der Waals surface area contributed by atoms with E-state index in [0.717, 1.165) is 5.69 Å². The molecule has 6 nitrogen and oxygen atoms in total. The average molecular weight is 500 g/mol. The van der Waals surface area contributed by atoms with Crippen molar-refractivity contribution in [2.45, 2.75) is 44.3 Å². The lowest BCUT2D eigenvalue weighted by atomic mass is 9.52. The lowest BCUT2D eigenvalue weighted by Crippen LogP contribution is -2.70. The van der Waals surface area contributed by atoms with Crippen LogP contribution in [0.5, 0.6) is 0 Å². The molecule has 1 saturated heterocycles. The van der Waals surface area contributed by atoms with Gasteiger partial charge in [0.1, 0.15) is 0 Å². The molecule has 0 spiro atoms. The first-order chi connectivity index (χ1) is 15.7. The smallest absolute Gasteiger partial charge is 0.312 e. The van der Waals surface area contributed by atoms with Crippen molar-refractivity contribution in [1.29, 1.82) is 0 Å². The van der Waals surface area contributed by atoms with Gasteiger partial charge >= 0.3 is 11.8 Å². The number of aromatic nitrogens is 1. The van der Waals surface area contributed by atoms with Crippen LogP contribution >= 0.6 is 0 Å². The standard InChI is InChI=1S/C23H25F4N3O3S/c1-4-18-15(6-5-14(28-18)12-29-7-9-30(10-8-29)34(3,32)33)16-11-17-20-19(13(16)2)23(26,27)21(20,31)22(17,24)25/h5-6,11,31H,4,7-10,12H2,1-3H3. The molecule has 1 unspecified atom stereocenters. The van der Waals surface area contributed by atoms with Crippen LogP contribution in [-0.4, -0.2) is 60.1 Å². The van der Waals surface area contributed by atoms with Gasteiger partial charge in [0.2, 0.25) is 15.6 Å². The van der Waals surface area contributed by atoms with Crippen LogP contribution in [0.25, 0.3) is 11.1 Å². The first-order valence-electron chi connectivity index (χ1n) is 11.1. The number of halogens is 4. The lowest BCUT2D eigenvalue weighted by Gasteiger charge is -2.59. The number of hydrogen-bond donors (Lipinski definition) is 1. The summed E-state index contributed by atoms with van der Waals surface area (Å²) >= 11 is 0. The van der Waals surface area contributed by atoms with Crippen molar-refractivity contribution in [2.24, 2.45) is 0 Å². The van der Waals surface area contributed by atoms with Gasteiger partial charge in [-0.05, 0) is 36.6 Å². The predicted molar refractivity (Wildman–Crippen MR) is 117 cm³/mol. The van der Waals surface area contributed by atoms with E-state index in [1.54, 1.807) is 12.1 Å². The second kappa shape index (κ2) is 7.22.